The molecule has 0 aliphatic carbocycles. The normalized spacial score (nSPS) is 12.5. The van der Waals surface area contributed by atoms with E-state index in [0.29, 0.717) is 0 Å². The van der Waals surface area contributed by atoms with Crippen LogP contribution in [0.4, 0.5) is 4.39 Å². The predicted octanol–water partition coefficient (Wildman–Crippen LogP) is 6.42. The van der Waals surface area contributed by atoms with Crippen molar-refractivity contribution in [3.63, 3.8) is 0 Å². The van der Waals surface area contributed by atoms with Gasteiger partial charge in [-0.2, -0.15) is 0 Å². The van der Waals surface area contributed by atoms with Gasteiger partial charge in [0.1, 0.15) is 5.82 Å². The summed E-state index contributed by atoms with van der Waals surface area (Å²) in [5.74, 6) is -0.220. The molecule has 0 N–H and O–H groups in total. The second kappa shape index (κ2) is 6.29. The SMILES string of the molecule is Fc1cc(Br)cc(C(Br)Cc2ccc3ccccc3c2)c1. The Hall–Kier alpha value is -1.19. The lowest BCUT2D eigenvalue weighted by molar-refractivity contribution is 0.624. The highest BCUT2D eigenvalue weighted by Crippen LogP contribution is 2.30. The van der Waals surface area contributed by atoms with Gasteiger partial charge in [0, 0.05) is 9.30 Å². The van der Waals surface area contributed by atoms with Crippen LogP contribution in [0.2, 0.25) is 0 Å². The zero-order valence-corrected chi connectivity index (χ0v) is 14.4. The van der Waals surface area contributed by atoms with Crippen molar-refractivity contribution in [2.45, 2.75) is 11.2 Å². The van der Waals surface area contributed by atoms with E-state index in [0.717, 1.165) is 16.5 Å². The summed E-state index contributed by atoms with van der Waals surface area (Å²) in [5, 5.41) is 2.47. The van der Waals surface area contributed by atoms with Gasteiger partial charge in [-0.25, -0.2) is 4.39 Å². The van der Waals surface area contributed by atoms with E-state index in [4.69, 9.17) is 0 Å². The van der Waals surface area contributed by atoms with Gasteiger partial charge in [0.05, 0.1) is 0 Å². The van der Waals surface area contributed by atoms with Crippen molar-refractivity contribution >= 4 is 42.6 Å². The lowest BCUT2D eigenvalue weighted by Crippen LogP contribution is -1.96. The van der Waals surface area contributed by atoms with Crippen molar-refractivity contribution in [1.29, 1.82) is 0 Å². The summed E-state index contributed by atoms with van der Waals surface area (Å²) in [5.41, 5.74) is 2.17. The van der Waals surface area contributed by atoms with Crippen molar-refractivity contribution in [2.75, 3.05) is 0 Å². The van der Waals surface area contributed by atoms with Gasteiger partial charge in [0.25, 0.3) is 0 Å². The maximum absolute atomic E-state index is 13.5. The van der Waals surface area contributed by atoms with Crippen LogP contribution in [0.1, 0.15) is 16.0 Å². The Morgan fingerprint density at radius 1 is 0.905 bits per heavy atom. The van der Waals surface area contributed by atoms with E-state index in [1.54, 1.807) is 6.07 Å². The third-order valence-electron chi connectivity index (χ3n) is 3.48. The molecular weight excluding hydrogens is 395 g/mol. The first kappa shape index (κ1) is 14.7. The molecule has 3 rings (SSSR count). The first-order valence-electron chi connectivity index (χ1n) is 6.69. The maximum atomic E-state index is 13.5. The molecule has 1 unspecified atom stereocenters. The number of halogens is 3. The summed E-state index contributed by atoms with van der Waals surface area (Å²) in [7, 11) is 0. The van der Waals surface area contributed by atoms with Crippen LogP contribution in [-0.2, 0) is 6.42 Å². The third-order valence-corrected chi connectivity index (χ3v) is 4.79. The molecule has 0 aliphatic heterocycles. The number of alkyl halides is 1. The molecule has 21 heavy (non-hydrogen) atoms. The highest BCUT2D eigenvalue weighted by molar-refractivity contribution is 9.10. The summed E-state index contributed by atoms with van der Waals surface area (Å²) >= 11 is 7.01. The summed E-state index contributed by atoms with van der Waals surface area (Å²) < 4.78 is 14.2. The second-order valence-electron chi connectivity index (χ2n) is 5.06. The zero-order valence-electron chi connectivity index (χ0n) is 11.2. The molecule has 3 aromatic rings. The number of fused-ring (bicyclic) bond motifs is 1. The third kappa shape index (κ3) is 3.53. The minimum atomic E-state index is -0.220. The topological polar surface area (TPSA) is 0 Å². The molecule has 0 saturated carbocycles. The van der Waals surface area contributed by atoms with Crippen LogP contribution in [-0.4, -0.2) is 0 Å². The zero-order chi connectivity index (χ0) is 14.8. The van der Waals surface area contributed by atoms with E-state index < -0.39 is 0 Å². The molecule has 0 saturated heterocycles. The molecule has 0 aliphatic rings. The Bertz CT molecular complexity index is 763. The van der Waals surface area contributed by atoms with Crippen molar-refractivity contribution < 1.29 is 4.39 Å². The quantitative estimate of drug-likeness (QED) is 0.439. The van der Waals surface area contributed by atoms with E-state index in [-0.39, 0.29) is 10.6 Å². The highest BCUT2D eigenvalue weighted by atomic mass is 79.9. The molecule has 0 radical (unpaired) electrons. The van der Waals surface area contributed by atoms with Crippen LogP contribution in [0.25, 0.3) is 10.8 Å². The number of rotatable bonds is 3. The monoisotopic (exact) mass is 406 g/mol. The van der Waals surface area contributed by atoms with Crippen LogP contribution >= 0.6 is 31.9 Å². The van der Waals surface area contributed by atoms with Gasteiger partial charge >= 0.3 is 0 Å². The molecular formula is C18H13Br2F. The molecule has 0 aromatic heterocycles. The van der Waals surface area contributed by atoms with Crippen molar-refractivity contribution in [1.82, 2.24) is 0 Å². The predicted molar refractivity (Wildman–Crippen MR) is 93.4 cm³/mol. The van der Waals surface area contributed by atoms with E-state index in [9.17, 15) is 4.39 Å². The molecule has 0 nitrogen and oxygen atoms in total. The minimum absolute atomic E-state index is 0.0886. The Labute approximate surface area is 140 Å². The first-order chi connectivity index (χ1) is 10.1. The Morgan fingerprint density at radius 2 is 1.67 bits per heavy atom. The lowest BCUT2D eigenvalue weighted by Gasteiger charge is -2.12. The van der Waals surface area contributed by atoms with Crippen LogP contribution < -0.4 is 0 Å². The van der Waals surface area contributed by atoms with Crippen molar-refractivity contribution in [3.8, 4) is 0 Å². The van der Waals surface area contributed by atoms with E-state index in [1.165, 1.54) is 22.4 Å². The number of hydrogen-bond donors (Lipinski definition) is 0. The Balaban J connectivity index is 1.86. The van der Waals surface area contributed by atoms with Crippen molar-refractivity contribution in [2.24, 2.45) is 0 Å². The number of hydrogen-bond acceptors (Lipinski definition) is 0. The van der Waals surface area contributed by atoms with E-state index >= 15 is 0 Å². The molecule has 3 aromatic carbocycles. The Kier molecular flexibility index (Phi) is 4.41. The van der Waals surface area contributed by atoms with E-state index in [2.05, 4.69) is 62.2 Å². The van der Waals surface area contributed by atoms with Gasteiger partial charge in [-0.1, -0.05) is 74.3 Å². The molecule has 0 bridgehead atoms. The van der Waals surface area contributed by atoms with Gasteiger partial charge in [-0.3, -0.25) is 0 Å². The fourth-order valence-corrected chi connectivity index (χ4v) is 3.57. The fraction of sp³-hybridized carbons (Fsp3) is 0.111. The summed E-state index contributed by atoms with van der Waals surface area (Å²) in [6.07, 6.45) is 0.820. The Morgan fingerprint density at radius 3 is 2.43 bits per heavy atom. The van der Waals surface area contributed by atoms with Gasteiger partial charge in [-0.05, 0) is 46.5 Å². The smallest absolute Gasteiger partial charge is 0.124 e. The molecule has 3 heteroatoms. The second-order valence-corrected chi connectivity index (χ2v) is 7.08. The van der Waals surface area contributed by atoms with Crippen molar-refractivity contribution in [3.05, 3.63) is 82.1 Å². The van der Waals surface area contributed by atoms with E-state index in [1.807, 2.05) is 18.2 Å². The van der Waals surface area contributed by atoms with Crippen LogP contribution in [0, 0.1) is 5.82 Å². The maximum Gasteiger partial charge on any atom is 0.124 e. The van der Waals surface area contributed by atoms with Crippen LogP contribution in [0.3, 0.4) is 0 Å². The standard InChI is InChI=1S/C18H13Br2F/c19-16-9-15(10-17(21)11-16)18(20)8-12-5-6-13-3-1-2-4-14(13)7-12/h1-7,9-11,18H,8H2. The van der Waals surface area contributed by atoms with Gasteiger partial charge in [0.2, 0.25) is 0 Å². The first-order valence-corrected chi connectivity index (χ1v) is 8.40. The van der Waals surface area contributed by atoms with Crippen LogP contribution in [0.15, 0.2) is 65.1 Å². The summed E-state index contributed by atoms with van der Waals surface area (Å²) in [4.78, 5) is 0.0886. The lowest BCUT2D eigenvalue weighted by atomic mass is 10.0. The largest absolute Gasteiger partial charge is 0.207 e. The molecule has 1 atom stereocenters. The average Bonchev–Trinajstić information content (AvgIpc) is 2.46. The summed E-state index contributed by atoms with van der Waals surface area (Å²) in [6, 6.07) is 19.7. The van der Waals surface area contributed by atoms with Gasteiger partial charge in [0.15, 0.2) is 0 Å². The summed E-state index contributed by atoms with van der Waals surface area (Å²) in [6.45, 7) is 0. The molecule has 0 fully saturated rings. The average molecular weight is 408 g/mol. The fourth-order valence-electron chi connectivity index (χ4n) is 2.45. The van der Waals surface area contributed by atoms with Gasteiger partial charge in [-0.15, -0.1) is 0 Å². The molecule has 0 spiro atoms. The molecule has 0 amide bonds. The van der Waals surface area contributed by atoms with Gasteiger partial charge < -0.3 is 0 Å². The molecule has 106 valence electrons. The number of benzene rings is 3. The van der Waals surface area contributed by atoms with Crippen LogP contribution in [0.5, 0.6) is 0 Å². The minimum Gasteiger partial charge on any atom is -0.207 e. The molecule has 0 heterocycles. The highest BCUT2D eigenvalue weighted by Gasteiger charge is 2.11.